The molecule has 0 aliphatic carbocycles. The van der Waals surface area contributed by atoms with Crippen molar-refractivity contribution in [3.8, 4) is 5.75 Å². The van der Waals surface area contributed by atoms with Gasteiger partial charge in [-0.2, -0.15) is 5.10 Å². The number of hydrogen-bond donors (Lipinski definition) is 2. The van der Waals surface area contributed by atoms with Crippen LogP contribution in [0.2, 0.25) is 10.0 Å². The number of hydrogen-bond acceptors (Lipinski definition) is 5. The van der Waals surface area contributed by atoms with E-state index in [-0.39, 0.29) is 23.0 Å². The monoisotopic (exact) mass is 547 g/mol. The quantitative estimate of drug-likeness (QED) is 0.0802. The minimum absolute atomic E-state index is 0.129. The molecule has 2 rings (SSSR count). The zero-order valence-electron chi connectivity index (χ0n) is 21.2. The Morgan fingerprint density at radius 3 is 2.16 bits per heavy atom. The average molecular weight is 549 g/mol. The molecule has 0 aliphatic heterocycles. The molecule has 2 aromatic rings. The molecule has 0 spiro atoms. The molecule has 0 saturated carbocycles. The highest BCUT2D eigenvalue weighted by molar-refractivity contribution is 6.36. The van der Waals surface area contributed by atoms with Gasteiger partial charge in [-0.25, -0.2) is 10.2 Å². The molecular weight excluding hydrogens is 513 g/mol. The fourth-order valence-corrected chi connectivity index (χ4v) is 4.01. The lowest BCUT2D eigenvalue weighted by atomic mass is 10.1. The van der Waals surface area contributed by atoms with Gasteiger partial charge in [0.15, 0.2) is 0 Å². The Hall–Kier alpha value is -2.90. The van der Waals surface area contributed by atoms with Crippen molar-refractivity contribution < 1.29 is 19.1 Å². The van der Waals surface area contributed by atoms with Gasteiger partial charge in [0, 0.05) is 11.4 Å². The fourth-order valence-electron chi connectivity index (χ4n) is 3.52. The Morgan fingerprint density at radius 1 is 0.865 bits per heavy atom. The molecule has 9 heteroatoms. The Labute approximate surface area is 228 Å². The first-order chi connectivity index (χ1) is 17.9. The van der Waals surface area contributed by atoms with Crippen LogP contribution in [0.5, 0.6) is 5.75 Å². The van der Waals surface area contributed by atoms with Crippen LogP contribution in [0.3, 0.4) is 0 Å². The van der Waals surface area contributed by atoms with Crippen molar-refractivity contribution in [3.63, 3.8) is 0 Å². The van der Waals surface area contributed by atoms with Crippen molar-refractivity contribution >= 4 is 47.2 Å². The van der Waals surface area contributed by atoms with Crippen LogP contribution in [-0.4, -0.2) is 30.5 Å². The van der Waals surface area contributed by atoms with Gasteiger partial charge in [-0.15, -0.1) is 0 Å². The van der Waals surface area contributed by atoms with E-state index in [1.165, 1.54) is 56.9 Å². The third-order valence-corrected chi connectivity index (χ3v) is 6.15. The number of ether oxygens (including phenoxy) is 1. The van der Waals surface area contributed by atoms with Crippen LogP contribution >= 0.6 is 23.2 Å². The van der Waals surface area contributed by atoms with E-state index in [2.05, 4.69) is 22.8 Å². The third-order valence-electron chi connectivity index (χ3n) is 5.60. The van der Waals surface area contributed by atoms with Crippen molar-refractivity contribution in [1.29, 1.82) is 0 Å². The van der Waals surface area contributed by atoms with Gasteiger partial charge >= 0.3 is 5.97 Å². The van der Waals surface area contributed by atoms with E-state index in [1.54, 1.807) is 30.3 Å². The summed E-state index contributed by atoms with van der Waals surface area (Å²) in [5.41, 5.74) is 3.26. The van der Waals surface area contributed by atoms with Crippen LogP contribution in [-0.2, 0) is 9.59 Å². The van der Waals surface area contributed by atoms with E-state index in [0.29, 0.717) is 22.8 Å². The van der Waals surface area contributed by atoms with Crippen LogP contribution in [0.4, 0.5) is 0 Å². The largest absolute Gasteiger partial charge is 0.423 e. The second kappa shape index (κ2) is 17.5. The lowest BCUT2D eigenvalue weighted by molar-refractivity contribution is -0.126. The molecule has 0 heterocycles. The Kier molecular flexibility index (Phi) is 14.4. The summed E-state index contributed by atoms with van der Waals surface area (Å²) < 4.78 is 5.32. The van der Waals surface area contributed by atoms with Gasteiger partial charge in [0.25, 0.3) is 5.91 Å². The van der Waals surface area contributed by atoms with Crippen LogP contribution in [0.1, 0.15) is 87.1 Å². The predicted octanol–water partition coefficient (Wildman–Crippen LogP) is 6.70. The van der Waals surface area contributed by atoms with E-state index in [1.807, 2.05) is 0 Å². The summed E-state index contributed by atoms with van der Waals surface area (Å²) in [6, 6.07) is 11.1. The maximum Gasteiger partial charge on any atom is 0.345 e. The number of halogens is 2. The molecule has 200 valence electrons. The van der Waals surface area contributed by atoms with Gasteiger partial charge in [-0.3, -0.25) is 9.59 Å². The average Bonchev–Trinajstić information content (AvgIpc) is 2.87. The highest BCUT2D eigenvalue weighted by atomic mass is 35.5. The van der Waals surface area contributed by atoms with Crippen LogP contribution in [0.15, 0.2) is 47.6 Å². The Balaban J connectivity index is 1.61. The van der Waals surface area contributed by atoms with E-state index in [4.69, 9.17) is 27.9 Å². The van der Waals surface area contributed by atoms with Gasteiger partial charge in [0.1, 0.15) is 5.75 Å². The summed E-state index contributed by atoms with van der Waals surface area (Å²) in [5.74, 6) is -0.823. The Bertz CT molecular complexity index is 1040. The SMILES string of the molecule is CCCCCCCCCCCC(=O)NCC(=O)N/N=C/c1ccc(OC(=O)c2ccc(Cl)cc2Cl)cc1. The number of benzene rings is 2. The highest BCUT2D eigenvalue weighted by Gasteiger charge is 2.13. The fraction of sp³-hybridized carbons (Fsp3) is 0.429. The van der Waals surface area contributed by atoms with Crippen molar-refractivity contribution in [3.05, 3.63) is 63.6 Å². The number of carbonyl (C=O) groups is 3. The molecular formula is C28H35Cl2N3O4. The van der Waals surface area contributed by atoms with Gasteiger partial charge in [0.2, 0.25) is 5.91 Å². The minimum Gasteiger partial charge on any atom is -0.423 e. The van der Waals surface area contributed by atoms with Crippen molar-refractivity contribution in [2.45, 2.75) is 71.1 Å². The molecule has 0 atom stereocenters. The molecule has 2 amide bonds. The molecule has 0 bridgehead atoms. The van der Waals surface area contributed by atoms with Crippen LogP contribution < -0.4 is 15.5 Å². The standard InChI is InChI=1S/C28H35Cl2N3O4/c1-2-3-4-5-6-7-8-9-10-11-26(34)31-20-27(35)33-32-19-21-12-15-23(16-13-21)37-28(36)24-17-14-22(29)18-25(24)30/h12-19H,2-11,20H2,1H3,(H,31,34)(H,33,35)/b32-19+. The normalized spacial score (nSPS) is 10.9. The maximum absolute atomic E-state index is 12.3. The molecule has 7 nitrogen and oxygen atoms in total. The Morgan fingerprint density at radius 2 is 1.51 bits per heavy atom. The number of nitrogens with one attached hydrogen (secondary N) is 2. The van der Waals surface area contributed by atoms with Crippen LogP contribution in [0.25, 0.3) is 0 Å². The molecule has 0 fully saturated rings. The number of hydrazone groups is 1. The molecule has 0 unspecified atom stereocenters. The number of carbonyl (C=O) groups excluding carboxylic acids is 3. The van der Waals surface area contributed by atoms with E-state index >= 15 is 0 Å². The smallest absolute Gasteiger partial charge is 0.345 e. The number of amides is 2. The summed E-state index contributed by atoms with van der Waals surface area (Å²) in [4.78, 5) is 36.1. The topological polar surface area (TPSA) is 96.9 Å². The van der Waals surface area contributed by atoms with Gasteiger partial charge < -0.3 is 10.1 Å². The first-order valence-electron chi connectivity index (χ1n) is 12.7. The number of esters is 1. The first-order valence-corrected chi connectivity index (χ1v) is 13.5. The summed E-state index contributed by atoms with van der Waals surface area (Å²) in [5, 5.41) is 7.13. The van der Waals surface area contributed by atoms with Gasteiger partial charge in [-0.05, 0) is 54.4 Å². The van der Waals surface area contributed by atoms with E-state index in [0.717, 1.165) is 19.3 Å². The van der Waals surface area contributed by atoms with Crippen LogP contribution in [0, 0.1) is 0 Å². The maximum atomic E-state index is 12.3. The summed E-state index contributed by atoms with van der Waals surface area (Å²) >= 11 is 11.9. The molecule has 2 aromatic carbocycles. The summed E-state index contributed by atoms with van der Waals surface area (Å²) in [6.07, 6.45) is 12.6. The van der Waals surface area contributed by atoms with E-state index < -0.39 is 11.9 Å². The number of nitrogens with zero attached hydrogens (tertiary/aromatic N) is 1. The van der Waals surface area contributed by atoms with Gasteiger partial charge in [0.05, 0.1) is 23.3 Å². The summed E-state index contributed by atoms with van der Waals surface area (Å²) in [7, 11) is 0. The first kappa shape index (κ1) is 30.3. The van der Waals surface area contributed by atoms with Crippen molar-refractivity contribution in [2.24, 2.45) is 5.10 Å². The lowest BCUT2D eigenvalue weighted by Gasteiger charge is -2.06. The second-order valence-electron chi connectivity index (χ2n) is 8.73. The van der Waals surface area contributed by atoms with E-state index in [9.17, 15) is 14.4 Å². The van der Waals surface area contributed by atoms with Crippen molar-refractivity contribution in [2.75, 3.05) is 6.54 Å². The van der Waals surface area contributed by atoms with Crippen molar-refractivity contribution in [1.82, 2.24) is 10.7 Å². The predicted molar refractivity (Wildman–Crippen MR) is 148 cm³/mol. The zero-order chi connectivity index (χ0) is 26.9. The number of unbranched alkanes of at least 4 members (excludes halogenated alkanes) is 8. The zero-order valence-corrected chi connectivity index (χ0v) is 22.7. The molecule has 0 aliphatic rings. The number of rotatable bonds is 16. The molecule has 0 aromatic heterocycles. The third kappa shape index (κ3) is 12.8. The molecule has 37 heavy (non-hydrogen) atoms. The minimum atomic E-state index is -0.602. The van der Waals surface area contributed by atoms with Gasteiger partial charge in [-0.1, -0.05) is 81.5 Å². The summed E-state index contributed by atoms with van der Waals surface area (Å²) in [6.45, 7) is 2.09. The highest BCUT2D eigenvalue weighted by Crippen LogP contribution is 2.23. The molecule has 2 N–H and O–H groups in total. The lowest BCUT2D eigenvalue weighted by Crippen LogP contribution is -2.34. The second-order valence-corrected chi connectivity index (χ2v) is 9.57. The molecule has 0 saturated heterocycles. The molecule has 0 radical (unpaired) electrons.